The SMILES string of the molecule is O=S(=O)(Nc1ccccc1-n1cncn1)c1ccccc1C(F)(F)F. The van der Waals surface area contributed by atoms with Crippen LogP contribution in [0.3, 0.4) is 0 Å². The zero-order valence-corrected chi connectivity index (χ0v) is 13.3. The molecule has 0 aliphatic carbocycles. The normalized spacial score (nSPS) is 12.1. The van der Waals surface area contributed by atoms with Crippen LogP contribution < -0.4 is 4.72 Å². The largest absolute Gasteiger partial charge is 0.417 e. The summed E-state index contributed by atoms with van der Waals surface area (Å²) >= 11 is 0. The van der Waals surface area contributed by atoms with Crippen LogP contribution in [0.25, 0.3) is 5.69 Å². The molecule has 6 nitrogen and oxygen atoms in total. The number of hydrogen-bond acceptors (Lipinski definition) is 4. The molecule has 25 heavy (non-hydrogen) atoms. The molecule has 0 saturated carbocycles. The van der Waals surface area contributed by atoms with Gasteiger partial charge in [0.2, 0.25) is 0 Å². The fraction of sp³-hybridized carbons (Fsp3) is 0.0667. The van der Waals surface area contributed by atoms with Gasteiger partial charge in [0.25, 0.3) is 10.0 Å². The monoisotopic (exact) mass is 368 g/mol. The lowest BCUT2D eigenvalue weighted by atomic mass is 10.2. The molecule has 130 valence electrons. The number of nitrogens with zero attached hydrogens (tertiary/aromatic N) is 3. The van der Waals surface area contributed by atoms with E-state index in [4.69, 9.17) is 0 Å². The molecule has 10 heteroatoms. The van der Waals surface area contributed by atoms with Crippen molar-refractivity contribution in [1.29, 1.82) is 0 Å². The summed E-state index contributed by atoms with van der Waals surface area (Å²) < 4.78 is 67.9. The number of nitrogens with one attached hydrogen (secondary N) is 1. The molecule has 2 aromatic carbocycles. The van der Waals surface area contributed by atoms with Crippen molar-refractivity contribution in [1.82, 2.24) is 14.8 Å². The van der Waals surface area contributed by atoms with E-state index >= 15 is 0 Å². The van der Waals surface area contributed by atoms with Crippen LogP contribution in [0.2, 0.25) is 0 Å². The molecule has 1 N–H and O–H groups in total. The lowest BCUT2D eigenvalue weighted by molar-refractivity contribution is -0.139. The molecule has 0 spiro atoms. The molecule has 3 aromatic rings. The van der Waals surface area contributed by atoms with Gasteiger partial charge in [0.15, 0.2) is 0 Å². The Labute approximate surface area is 141 Å². The van der Waals surface area contributed by atoms with Crippen LogP contribution in [0.1, 0.15) is 5.56 Å². The highest BCUT2D eigenvalue weighted by molar-refractivity contribution is 7.92. The Bertz CT molecular complexity index is 986. The van der Waals surface area contributed by atoms with E-state index in [9.17, 15) is 21.6 Å². The smallest absolute Gasteiger partial charge is 0.277 e. The third-order valence-corrected chi connectivity index (χ3v) is 4.72. The average Bonchev–Trinajstić information content (AvgIpc) is 3.08. The van der Waals surface area contributed by atoms with E-state index < -0.39 is 26.7 Å². The van der Waals surface area contributed by atoms with Crippen LogP contribution in [0.4, 0.5) is 18.9 Å². The van der Waals surface area contributed by atoms with Crippen molar-refractivity contribution in [2.24, 2.45) is 0 Å². The van der Waals surface area contributed by atoms with Crippen LogP contribution in [0.15, 0.2) is 66.1 Å². The maximum absolute atomic E-state index is 13.1. The fourth-order valence-corrected chi connectivity index (χ4v) is 3.53. The Morgan fingerprint density at radius 3 is 2.36 bits per heavy atom. The fourth-order valence-electron chi connectivity index (χ4n) is 2.23. The lowest BCUT2D eigenvalue weighted by Crippen LogP contribution is -2.19. The van der Waals surface area contributed by atoms with E-state index in [0.717, 1.165) is 18.2 Å². The van der Waals surface area contributed by atoms with E-state index in [1.165, 1.54) is 29.5 Å². The van der Waals surface area contributed by atoms with E-state index in [1.807, 2.05) is 0 Å². The molecule has 0 bridgehead atoms. The Morgan fingerprint density at radius 2 is 1.68 bits per heavy atom. The Kier molecular flexibility index (Phi) is 4.21. The first kappa shape index (κ1) is 17.0. The van der Waals surface area contributed by atoms with Crippen LogP contribution in [0, 0.1) is 0 Å². The Balaban J connectivity index is 2.06. The molecular weight excluding hydrogens is 357 g/mol. The zero-order valence-electron chi connectivity index (χ0n) is 12.5. The minimum Gasteiger partial charge on any atom is -0.277 e. The summed E-state index contributed by atoms with van der Waals surface area (Å²) in [5, 5.41) is 3.90. The lowest BCUT2D eigenvalue weighted by Gasteiger charge is -2.16. The third kappa shape index (κ3) is 3.48. The molecule has 0 radical (unpaired) electrons. The summed E-state index contributed by atoms with van der Waals surface area (Å²) in [6.45, 7) is 0. The van der Waals surface area contributed by atoms with Crippen molar-refractivity contribution in [2.45, 2.75) is 11.1 Å². The molecular formula is C15H11F3N4O2S. The van der Waals surface area contributed by atoms with E-state index in [2.05, 4.69) is 14.8 Å². The van der Waals surface area contributed by atoms with Crippen molar-refractivity contribution in [2.75, 3.05) is 4.72 Å². The topological polar surface area (TPSA) is 76.9 Å². The van der Waals surface area contributed by atoms with Crippen molar-refractivity contribution in [3.05, 3.63) is 66.7 Å². The highest BCUT2D eigenvalue weighted by Gasteiger charge is 2.37. The van der Waals surface area contributed by atoms with Gasteiger partial charge in [-0.05, 0) is 24.3 Å². The number of para-hydroxylation sites is 2. The summed E-state index contributed by atoms with van der Waals surface area (Å²) in [6, 6.07) is 10.2. The van der Waals surface area contributed by atoms with Gasteiger partial charge < -0.3 is 0 Å². The molecule has 0 fully saturated rings. The molecule has 0 atom stereocenters. The second-order valence-corrected chi connectivity index (χ2v) is 6.61. The van der Waals surface area contributed by atoms with Crippen molar-refractivity contribution in [3.63, 3.8) is 0 Å². The second kappa shape index (κ2) is 6.20. The van der Waals surface area contributed by atoms with E-state index in [-0.39, 0.29) is 5.69 Å². The van der Waals surface area contributed by atoms with Crippen molar-refractivity contribution >= 4 is 15.7 Å². The average molecular weight is 368 g/mol. The summed E-state index contributed by atoms with van der Waals surface area (Å²) in [5.74, 6) is 0. The highest BCUT2D eigenvalue weighted by Crippen LogP contribution is 2.35. The van der Waals surface area contributed by atoms with Gasteiger partial charge in [-0.2, -0.15) is 18.3 Å². The summed E-state index contributed by atoms with van der Waals surface area (Å²) in [7, 11) is -4.47. The van der Waals surface area contributed by atoms with Crippen LogP contribution in [-0.4, -0.2) is 23.2 Å². The number of aromatic nitrogens is 3. The third-order valence-electron chi connectivity index (χ3n) is 3.30. The number of sulfonamides is 1. The molecule has 0 saturated heterocycles. The maximum atomic E-state index is 13.1. The quantitative estimate of drug-likeness (QED) is 0.768. The molecule has 3 rings (SSSR count). The number of benzene rings is 2. The predicted molar refractivity (Wildman–Crippen MR) is 83.6 cm³/mol. The zero-order chi connectivity index (χ0) is 18.1. The van der Waals surface area contributed by atoms with Gasteiger partial charge in [0, 0.05) is 0 Å². The first-order chi connectivity index (χ1) is 11.8. The molecule has 0 aliphatic rings. The van der Waals surface area contributed by atoms with Gasteiger partial charge in [0.05, 0.1) is 21.8 Å². The minimum absolute atomic E-state index is 0.0741. The first-order valence-electron chi connectivity index (χ1n) is 6.92. The Morgan fingerprint density at radius 1 is 1.00 bits per heavy atom. The number of hydrogen-bond donors (Lipinski definition) is 1. The van der Waals surface area contributed by atoms with Gasteiger partial charge in [-0.25, -0.2) is 18.1 Å². The van der Waals surface area contributed by atoms with Gasteiger partial charge in [-0.1, -0.05) is 24.3 Å². The number of halogens is 3. The first-order valence-corrected chi connectivity index (χ1v) is 8.40. The van der Waals surface area contributed by atoms with Crippen LogP contribution >= 0.6 is 0 Å². The van der Waals surface area contributed by atoms with Crippen molar-refractivity contribution < 1.29 is 21.6 Å². The van der Waals surface area contributed by atoms with Gasteiger partial charge in [0.1, 0.15) is 12.7 Å². The maximum Gasteiger partial charge on any atom is 0.417 e. The van der Waals surface area contributed by atoms with Gasteiger partial charge >= 0.3 is 6.18 Å². The van der Waals surface area contributed by atoms with Crippen LogP contribution in [-0.2, 0) is 16.2 Å². The standard InChI is InChI=1S/C15H11F3N4O2S/c16-15(17,18)11-5-1-4-8-14(11)25(23,24)21-12-6-2-3-7-13(12)22-10-19-9-20-22/h1-10,21H. The Hall–Kier alpha value is -2.88. The van der Waals surface area contributed by atoms with Gasteiger partial charge in [-0.3, -0.25) is 4.72 Å². The molecule has 0 amide bonds. The number of anilines is 1. The summed E-state index contributed by atoms with van der Waals surface area (Å²) in [6.07, 6.45) is -2.20. The minimum atomic E-state index is -4.79. The molecule has 1 heterocycles. The second-order valence-electron chi connectivity index (χ2n) is 4.96. The van der Waals surface area contributed by atoms with Crippen LogP contribution in [0.5, 0.6) is 0 Å². The summed E-state index contributed by atoms with van der Waals surface area (Å²) in [5.41, 5.74) is -0.834. The molecule has 0 unspecified atom stereocenters. The summed E-state index contributed by atoms with van der Waals surface area (Å²) in [4.78, 5) is 2.92. The predicted octanol–water partition coefficient (Wildman–Crippen LogP) is 3.09. The molecule has 0 aliphatic heterocycles. The number of rotatable bonds is 4. The van der Waals surface area contributed by atoms with E-state index in [1.54, 1.807) is 18.2 Å². The van der Waals surface area contributed by atoms with E-state index in [0.29, 0.717) is 5.69 Å². The number of alkyl halides is 3. The molecule has 1 aromatic heterocycles. The highest BCUT2D eigenvalue weighted by atomic mass is 32.2. The van der Waals surface area contributed by atoms with Gasteiger partial charge in [-0.15, -0.1) is 0 Å². The van der Waals surface area contributed by atoms with Crippen molar-refractivity contribution in [3.8, 4) is 5.69 Å².